The summed E-state index contributed by atoms with van der Waals surface area (Å²) < 4.78 is 0. The van der Waals surface area contributed by atoms with Gasteiger partial charge in [0.15, 0.2) is 5.13 Å². The van der Waals surface area contributed by atoms with Crippen LogP contribution in [0.5, 0.6) is 0 Å². The smallest absolute Gasteiger partial charge is 0.254 e. The molecule has 158 valence electrons. The van der Waals surface area contributed by atoms with E-state index < -0.39 is 0 Å². The fraction of sp³-hybridized carbons (Fsp3) is 0.522. The van der Waals surface area contributed by atoms with Crippen molar-refractivity contribution in [3.8, 4) is 0 Å². The second-order valence-corrected chi connectivity index (χ2v) is 8.95. The van der Waals surface area contributed by atoms with Crippen molar-refractivity contribution < 1.29 is 9.59 Å². The van der Waals surface area contributed by atoms with Crippen LogP contribution in [0, 0.1) is 13.8 Å². The molecule has 0 bridgehead atoms. The SMILES string of the molecule is CCCCCCc1ccc(C(=O)N(CC(=O)Nc2nc(C)c(C)s2)C(C)C)cc1. The molecule has 1 aromatic heterocycles. The third-order valence-electron chi connectivity index (χ3n) is 4.99. The van der Waals surface area contributed by atoms with E-state index in [1.807, 2.05) is 52.0 Å². The number of carbonyl (C=O) groups is 2. The molecule has 6 heteroatoms. The lowest BCUT2D eigenvalue weighted by atomic mass is 10.0. The van der Waals surface area contributed by atoms with E-state index in [-0.39, 0.29) is 24.4 Å². The molecule has 29 heavy (non-hydrogen) atoms. The normalized spacial score (nSPS) is 11.0. The maximum Gasteiger partial charge on any atom is 0.254 e. The third-order valence-corrected chi connectivity index (χ3v) is 5.98. The summed E-state index contributed by atoms with van der Waals surface area (Å²) >= 11 is 1.45. The fourth-order valence-electron chi connectivity index (χ4n) is 3.06. The number of unbranched alkanes of at least 4 members (excludes halogenated alkanes) is 3. The van der Waals surface area contributed by atoms with Crippen LogP contribution in [0.25, 0.3) is 0 Å². The van der Waals surface area contributed by atoms with Gasteiger partial charge in [-0.05, 0) is 58.2 Å². The summed E-state index contributed by atoms with van der Waals surface area (Å²) in [5, 5.41) is 3.39. The summed E-state index contributed by atoms with van der Waals surface area (Å²) in [4.78, 5) is 32.5. The molecule has 2 aromatic rings. The lowest BCUT2D eigenvalue weighted by Gasteiger charge is -2.26. The van der Waals surface area contributed by atoms with Crippen molar-refractivity contribution >= 4 is 28.3 Å². The number of hydrogen-bond acceptors (Lipinski definition) is 4. The first-order chi connectivity index (χ1) is 13.8. The first-order valence-corrected chi connectivity index (χ1v) is 11.3. The molecule has 1 N–H and O–H groups in total. The first-order valence-electron chi connectivity index (χ1n) is 10.5. The van der Waals surface area contributed by atoms with Gasteiger partial charge < -0.3 is 10.2 Å². The predicted molar refractivity (Wildman–Crippen MR) is 121 cm³/mol. The summed E-state index contributed by atoms with van der Waals surface area (Å²) in [6.07, 6.45) is 5.95. The Kier molecular flexibility index (Phi) is 8.83. The van der Waals surface area contributed by atoms with Crippen LogP contribution in [0.4, 0.5) is 5.13 Å². The van der Waals surface area contributed by atoms with E-state index in [0.717, 1.165) is 17.0 Å². The number of amides is 2. The number of anilines is 1. The van der Waals surface area contributed by atoms with Gasteiger partial charge in [0.2, 0.25) is 5.91 Å². The van der Waals surface area contributed by atoms with Crippen molar-refractivity contribution in [2.24, 2.45) is 0 Å². The van der Waals surface area contributed by atoms with Crippen LogP contribution in [0.15, 0.2) is 24.3 Å². The Balaban J connectivity index is 1.98. The molecule has 0 aliphatic carbocycles. The first kappa shape index (κ1) is 23.1. The van der Waals surface area contributed by atoms with Crippen molar-refractivity contribution in [1.82, 2.24) is 9.88 Å². The Hall–Kier alpha value is -2.21. The minimum Gasteiger partial charge on any atom is -0.327 e. The lowest BCUT2D eigenvalue weighted by molar-refractivity contribution is -0.117. The molecule has 0 aliphatic rings. The van der Waals surface area contributed by atoms with E-state index >= 15 is 0 Å². The van der Waals surface area contributed by atoms with E-state index in [1.54, 1.807) is 4.90 Å². The number of hydrogen-bond donors (Lipinski definition) is 1. The number of nitrogens with one attached hydrogen (secondary N) is 1. The highest BCUT2D eigenvalue weighted by atomic mass is 32.1. The van der Waals surface area contributed by atoms with Crippen molar-refractivity contribution in [3.05, 3.63) is 46.0 Å². The number of aryl methyl sites for hydroxylation is 3. The summed E-state index contributed by atoms with van der Waals surface area (Å²) in [6, 6.07) is 7.72. The highest BCUT2D eigenvalue weighted by Gasteiger charge is 2.22. The van der Waals surface area contributed by atoms with Crippen molar-refractivity contribution in [2.45, 2.75) is 72.8 Å². The van der Waals surface area contributed by atoms with Crippen molar-refractivity contribution in [3.63, 3.8) is 0 Å². The highest BCUT2D eigenvalue weighted by Crippen LogP contribution is 2.21. The Morgan fingerprint density at radius 1 is 1.10 bits per heavy atom. The third kappa shape index (κ3) is 6.96. The molecular formula is C23H33N3O2S. The maximum absolute atomic E-state index is 13.0. The van der Waals surface area contributed by atoms with Crippen LogP contribution >= 0.6 is 11.3 Å². The van der Waals surface area contributed by atoms with Gasteiger partial charge in [0.1, 0.15) is 6.54 Å². The van der Waals surface area contributed by atoms with Crippen LogP contribution in [-0.2, 0) is 11.2 Å². The highest BCUT2D eigenvalue weighted by molar-refractivity contribution is 7.15. The number of nitrogens with zero attached hydrogens (tertiary/aromatic N) is 2. The van der Waals surface area contributed by atoms with Crippen LogP contribution in [0.3, 0.4) is 0 Å². The minimum atomic E-state index is -0.228. The number of benzene rings is 1. The molecule has 0 aliphatic heterocycles. The van der Waals surface area contributed by atoms with Gasteiger partial charge in [-0.3, -0.25) is 9.59 Å². The van der Waals surface area contributed by atoms with Crippen LogP contribution < -0.4 is 5.32 Å². The monoisotopic (exact) mass is 415 g/mol. The van der Waals surface area contributed by atoms with Gasteiger partial charge in [-0.2, -0.15) is 0 Å². The van der Waals surface area contributed by atoms with Gasteiger partial charge in [-0.1, -0.05) is 38.3 Å². The summed E-state index contributed by atoms with van der Waals surface area (Å²) in [5.74, 6) is -0.354. The number of thiazole rings is 1. The summed E-state index contributed by atoms with van der Waals surface area (Å²) in [5.41, 5.74) is 2.78. The van der Waals surface area contributed by atoms with Crippen LogP contribution in [0.2, 0.25) is 0 Å². The zero-order chi connectivity index (χ0) is 21.4. The van der Waals surface area contributed by atoms with Crippen LogP contribution in [0.1, 0.15) is 72.9 Å². The molecule has 0 fully saturated rings. The quantitative estimate of drug-likeness (QED) is 0.531. The van der Waals surface area contributed by atoms with Crippen molar-refractivity contribution in [2.75, 3.05) is 11.9 Å². The van der Waals surface area contributed by atoms with E-state index in [2.05, 4.69) is 17.2 Å². The van der Waals surface area contributed by atoms with Crippen LogP contribution in [-0.4, -0.2) is 34.3 Å². The van der Waals surface area contributed by atoms with Gasteiger partial charge in [0, 0.05) is 16.5 Å². The second-order valence-electron chi connectivity index (χ2n) is 7.74. The molecule has 5 nitrogen and oxygen atoms in total. The topological polar surface area (TPSA) is 62.3 Å². The molecule has 2 amide bonds. The van der Waals surface area contributed by atoms with E-state index in [1.165, 1.54) is 42.6 Å². The van der Waals surface area contributed by atoms with Gasteiger partial charge in [0.25, 0.3) is 5.91 Å². The van der Waals surface area contributed by atoms with E-state index in [0.29, 0.717) is 10.7 Å². The molecule has 0 spiro atoms. The molecule has 0 saturated carbocycles. The van der Waals surface area contributed by atoms with Gasteiger partial charge in [-0.25, -0.2) is 4.98 Å². The Morgan fingerprint density at radius 3 is 2.34 bits per heavy atom. The standard InChI is InChI=1S/C23H33N3O2S/c1-6-7-8-9-10-19-11-13-20(14-12-19)22(28)26(16(2)3)15-21(27)25-23-24-17(4)18(5)29-23/h11-14,16H,6-10,15H2,1-5H3,(H,24,25,27). The largest absolute Gasteiger partial charge is 0.327 e. The predicted octanol–water partition coefficient (Wildman–Crippen LogP) is 5.37. The van der Waals surface area contributed by atoms with Gasteiger partial charge in [-0.15, -0.1) is 11.3 Å². The number of rotatable bonds is 10. The Morgan fingerprint density at radius 2 is 1.79 bits per heavy atom. The maximum atomic E-state index is 13.0. The molecule has 1 heterocycles. The van der Waals surface area contributed by atoms with Crippen molar-refractivity contribution in [1.29, 1.82) is 0 Å². The fourth-order valence-corrected chi connectivity index (χ4v) is 3.90. The molecule has 0 saturated heterocycles. The van der Waals surface area contributed by atoms with Gasteiger partial charge >= 0.3 is 0 Å². The second kappa shape index (κ2) is 11.1. The lowest BCUT2D eigenvalue weighted by Crippen LogP contribution is -2.42. The number of carbonyl (C=O) groups excluding carboxylic acids is 2. The minimum absolute atomic E-state index is 0.00689. The molecule has 0 unspecified atom stereocenters. The average Bonchev–Trinajstić information content (AvgIpc) is 3.00. The number of aromatic nitrogens is 1. The Labute approximate surface area is 178 Å². The van der Waals surface area contributed by atoms with E-state index in [9.17, 15) is 9.59 Å². The molecule has 1 aromatic carbocycles. The average molecular weight is 416 g/mol. The molecule has 0 atom stereocenters. The zero-order valence-corrected chi connectivity index (χ0v) is 19.1. The molecular weight excluding hydrogens is 382 g/mol. The summed E-state index contributed by atoms with van der Waals surface area (Å²) in [7, 11) is 0. The Bertz CT molecular complexity index is 793. The van der Waals surface area contributed by atoms with Gasteiger partial charge in [0.05, 0.1) is 5.69 Å². The molecule has 0 radical (unpaired) electrons. The molecule has 2 rings (SSSR count). The zero-order valence-electron chi connectivity index (χ0n) is 18.2. The summed E-state index contributed by atoms with van der Waals surface area (Å²) in [6.45, 7) is 9.95. The van der Waals surface area contributed by atoms with E-state index in [4.69, 9.17) is 0 Å².